The molecule has 2 aromatic rings. The minimum Gasteiger partial charge on any atom is -0.354 e. The van der Waals surface area contributed by atoms with Crippen LogP contribution < -0.4 is 10.6 Å². The molecule has 0 bridgehead atoms. The normalized spacial score (nSPS) is 10.0. The molecule has 1 aromatic heterocycles. The Bertz CT molecular complexity index is 734. The highest BCUT2D eigenvalue weighted by Gasteiger charge is 2.12. The standard InChI is InChI=1S/C16H16N4O4/c21-15(18-9-7-13-5-1-2-8-17-13)11-19-16(22)12-4-3-6-14(10-12)20(23)24/h1-6,8,10H,7,9,11H2,(H,18,21)(H,19,22). The molecule has 24 heavy (non-hydrogen) atoms. The van der Waals surface area contributed by atoms with Crippen molar-refractivity contribution in [2.75, 3.05) is 13.1 Å². The Morgan fingerprint density at radius 2 is 1.96 bits per heavy atom. The van der Waals surface area contributed by atoms with Gasteiger partial charge in [-0.1, -0.05) is 12.1 Å². The Kier molecular flexibility index (Phi) is 5.95. The first-order valence-corrected chi connectivity index (χ1v) is 7.25. The summed E-state index contributed by atoms with van der Waals surface area (Å²) in [7, 11) is 0. The fourth-order valence-corrected chi connectivity index (χ4v) is 1.96. The van der Waals surface area contributed by atoms with Crippen LogP contribution in [0.3, 0.4) is 0 Å². The summed E-state index contributed by atoms with van der Waals surface area (Å²) in [5.74, 6) is -0.886. The molecule has 2 N–H and O–H groups in total. The van der Waals surface area contributed by atoms with Gasteiger partial charge < -0.3 is 10.6 Å². The van der Waals surface area contributed by atoms with E-state index in [4.69, 9.17) is 0 Å². The van der Waals surface area contributed by atoms with Gasteiger partial charge in [-0.15, -0.1) is 0 Å². The molecular weight excluding hydrogens is 312 g/mol. The second-order valence-corrected chi connectivity index (χ2v) is 4.91. The highest BCUT2D eigenvalue weighted by atomic mass is 16.6. The van der Waals surface area contributed by atoms with Crippen molar-refractivity contribution < 1.29 is 14.5 Å². The number of non-ortho nitro benzene ring substituents is 1. The third kappa shape index (κ3) is 5.16. The molecule has 0 unspecified atom stereocenters. The van der Waals surface area contributed by atoms with E-state index < -0.39 is 10.8 Å². The molecule has 2 amide bonds. The Labute approximate surface area is 138 Å². The number of nitro benzene ring substituents is 1. The van der Waals surface area contributed by atoms with Gasteiger partial charge in [-0.3, -0.25) is 24.7 Å². The van der Waals surface area contributed by atoms with Crippen LogP contribution >= 0.6 is 0 Å². The minimum absolute atomic E-state index is 0.130. The second kappa shape index (κ2) is 8.37. The first-order valence-electron chi connectivity index (χ1n) is 7.25. The second-order valence-electron chi connectivity index (χ2n) is 4.91. The van der Waals surface area contributed by atoms with Crippen LogP contribution in [0.1, 0.15) is 16.1 Å². The first kappa shape index (κ1) is 17.1. The highest BCUT2D eigenvalue weighted by Crippen LogP contribution is 2.12. The zero-order valence-electron chi connectivity index (χ0n) is 12.8. The van der Waals surface area contributed by atoms with Crippen molar-refractivity contribution in [3.05, 3.63) is 70.0 Å². The van der Waals surface area contributed by atoms with Crippen LogP contribution in [0.2, 0.25) is 0 Å². The van der Waals surface area contributed by atoms with Gasteiger partial charge in [-0.2, -0.15) is 0 Å². The lowest BCUT2D eigenvalue weighted by atomic mass is 10.2. The number of amides is 2. The SMILES string of the molecule is O=C(CNC(=O)c1cccc([N+](=O)[O-])c1)NCCc1ccccn1. The van der Waals surface area contributed by atoms with Crippen LogP contribution in [0.4, 0.5) is 5.69 Å². The van der Waals surface area contributed by atoms with Gasteiger partial charge in [-0.25, -0.2) is 0 Å². The van der Waals surface area contributed by atoms with E-state index in [-0.39, 0.29) is 23.7 Å². The third-order valence-corrected chi connectivity index (χ3v) is 3.16. The van der Waals surface area contributed by atoms with Gasteiger partial charge in [0.2, 0.25) is 5.91 Å². The predicted octanol–water partition coefficient (Wildman–Crippen LogP) is 1.08. The molecule has 1 heterocycles. The Balaban J connectivity index is 1.76. The molecule has 0 aliphatic rings. The van der Waals surface area contributed by atoms with E-state index in [0.29, 0.717) is 13.0 Å². The monoisotopic (exact) mass is 328 g/mol. The van der Waals surface area contributed by atoms with Gasteiger partial charge in [0.05, 0.1) is 11.5 Å². The highest BCUT2D eigenvalue weighted by molar-refractivity contribution is 5.96. The van der Waals surface area contributed by atoms with Crippen LogP contribution in [0, 0.1) is 10.1 Å². The minimum atomic E-state index is -0.582. The summed E-state index contributed by atoms with van der Waals surface area (Å²) in [6, 6.07) is 10.8. The molecule has 2 rings (SSSR count). The average Bonchev–Trinajstić information content (AvgIpc) is 2.60. The molecule has 0 aliphatic heterocycles. The molecule has 0 atom stereocenters. The summed E-state index contributed by atoms with van der Waals surface area (Å²) in [6.07, 6.45) is 2.27. The van der Waals surface area contributed by atoms with Crippen molar-refractivity contribution in [3.8, 4) is 0 Å². The maximum atomic E-state index is 11.9. The van der Waals surface area contributed by atoms with Gasteiger partial charge in [0.25, 0.3) is 11.6 Å². The number of nitro groups is 1. The topological polar surface area (TPSA) is 114 Å². The largest absolute Gasteiger partial charge is 0.354 e. The number of nitrogens with one attached hydrogen (secondary N) is 2. The van der Waals surface area contributed by atoms with E-state index in [0.717, 1.165) is 11.8 Å². The number of hydrogen-bond donors (Lipinski definition) is 2. The van der Waals surface area contributed by atoms with Crippen LogP contribution in [-0.2, 0) is 11.2 Å². The fourth-order valence-electron chi connectivity index (χ4n) is 1.96. The maximum Gasteiger partial charge on any atom is 0.270 e. The summed E-state index contributed by atoms with van der Waals surface area (Å²) >= 11 is 0. The summed E-state index contributed by atoms with van der Waals surface area (Å²) in [4.78, 5) is 37.8. The van der Waals surface area contributed by atoms with Crippen molar-refractivity contribution in [2.45, 2.75) is 6.42 Å². The van der Waals surface area contributed by atoms with E-state index >= 15 is 0 Å². The summed E-state index contributed by atoms with van der Waals surface area (Å²) < 4.78 is 0. The fraction of sp³-hybridized carbons (Fsp3) is 0.188. The zero-order chi connectivity index (χ0) is 17.4. The van der Waals surface area contributed by atoms with Crippen LogP contribution in [-0.4, -0.2) is 34.8 Å². The lowest BCUT2D eigenvalue weighted by molar-refractivity contribution is -0.384. The zero-order valence-corrected chi connectivity index (χ0v) is 12.8. The average molecular weight is 328 g/mol. The van der Waals surface area contributed by atoms with Crippen molar-refractivity contribution in [1.82, 2.24) is 15.6 Å². The van der Waals surface area contributed by atoms with Gasteiger partial charge in [0.1, 0.15) is 0 Å². The van der Waals surface area contributed by atoms with Crippen molar-refractivity contribution in [1.29, 1.82) is 0 Å². The summed E-state index contributed by atoms with van der Waals surface area (Å²) in [6.45, 7) is 0.201. The molecule has 0 saturated carbocycles. The molecule has 0 fully saturated rings. The molecule has 8 nitrogen and oxygen atoms in total. The summed E-state index contributed by atoms with van der Waals surface area (Å²) in [5, 5.41) is 15.8. The molecule has 124 valence electrons. The van der Waals surface area contributed by atoms with Crippen molar-refractivity contribution >= 4 is 17.5 Å². The number of benzene rings is 1. The number of carbonyl (C=O) groups is 2. The Hall–Kier alpha value is -3.29. The lowest BCUT2D eigenvalue weighted by Gasteiger charge is -2.07. The van der Waals surface area contributed by atoms with Crippen molar-refractivity contribution in [2.24, 2.45) is 0 Å². The van der Waals surface area contributed by atoms with Gasteiger partial charge in [0.15, 0.2) is 0 Å². The number of rotatable bonds is 7. The Morgan fingerprint density at radius 1 is 1.12 bits per heavy atom. The lowest BCUT2D eigenvalue weighted by Crippen LogP contribution is -2.37. The van der Waals surface area contributed by atoms with E-state index in [9.17, 15) is 19.7 Å². The van der Waals surface area contributed by atoms with Gasteiger partial charge in [0, 0.05) is 42.6 Å². The number of nitrogens with zero attached hydrogens (tertiary/aromatic N) is 2. The molecule has 0 aliphatic carbocycles. The smallest absolute Gasteiger partial charge is 0.270 e. The predicted molar refractivity (Wildman–Crippen MR) is 86.4 cm³/mol. The molecule has 0 spiro atoms. The molecule has 8 heteroatoms. The third-order valence-electron chi connectivity index (χ3n) is 3.16. The quantitative estimate of drug-likeness (QED) is 0.583. The molecular formula is C16H16N4O4. The molecule has 0 radical (unpaired) electrons. The van der Waals surface area contributed by atoms with Crippen LogP contribution in [0.25, 0.3) is 0 Å². The van der Waals surface area contributed by atoms with Gasteiger partial charge >= 0.3 is 0 Å². The van der Waals surface area contributed by atoms with Gasteiger partial charge in [-0.05, 0) is 18.2 Å². The maximum absolute atomic E-state index is 11.9. The number of pyridine rings is 1. The first-order chi connectivity index (χ1) is 11.6. The van der Waals surface area contributed by atoms with E-state index in [2.05, 4.69) is 15.6 Å². The number of hydrogen-bond acceptors (Lipinski definition) is 5. The molecule has 0 saturated heterocycles. The Morgan fingerprint density at radius 3 is 2.67 bits per heavy atom. The summed E-state index contributed by atoms with van der Waals surface area (Å²) in [5.41, 5.74) is 0.811. The van der Waals surface area contributed by atoms with Crippen LogP contribution in [0.5, 0.6) is 0 Å². The van der Waals surface area contributed by atoms with E-state index in [1.165, 1.54) is 18.2 Å². The molecule has 1 aromatic carbocycles. The number of carbonyl (C=O) groups excluding carboxylic acids is 2. The van der Waals surface area contributed by atoms with Crippen LogP contribution in [0.15, 0.2) is 48.7 Å². The van der Waals surface area contributed by atoms with Crippen molar-refractivity contribution in [3.63, 3.8) is 0 Å². The number of aromatic nitrogens is 1. The van der Waals surface area contributed by atoms with E-state index in [1.807, 2.05) is 18.2 Å². The van der Waals surface area contributed by atoms with E-state index in [1.54, 1.807) is 6.20 Å².